The van der Waals surface area contributed by atoms with Crippen molar-refractivity contribution in [3.63, 3.8) is 0 Å². The van der Waals surface area contributed by atoms with Gasteiger partial charge in [0.25, 0.3) is 0 Å². The molecule has 1 N–H and O–H groups in total. The zero-order valence-corrected chi connectivity index (χ0v) is 14.9. The van der Waals surface area contributed by atoms with Crippen molar-refractivity contribution in [3.05, 3.63) is 96.1 Å². The number of para-hydroxylation sites is 2. The summed E-state index contributed by atoms with van der Waals surface area (Å²) in [6, 6.07) is 27.5. The van der Waals surface area contributed by atoms with Crippen molar-refractivity contribution in [2.75, 3.05) is 5.32 Å². The van der Waals surface area contributed by atoms with Crippen molar-refractivity contribution < 1.29 is 4.79 Å². The molecule has 0 saturated carbocycles. The van der Waals surface area contributed by atoms with Crippen LogP contribution in [0, 0.1) is 0 Å². The normalized spacial score (nSPS) is 15.7. The number of thioether (sulfide) groups is 1. The summed E-state index contributed by atoms with van der Waals surface area (Å²) in [5.41, 5.74) is 3.79. The highest BCUT2D eigenvalue weighted by atomic mass is 32.2. The van der Waals surface area contributed by atoms with E-state index in [2.05, 4.69) is 11.4 Å². The molecule has 3 aromatic rings. The first-order valence-corrected chi connectivity index (χ1v) is 9.42. The number of Topliss-reactive ketones (excluding diaryl/α,β-unsaturated/α-hetero) is 1. The molecule has 1 atom stereocenters. The Hall–Kier alpha value is -2.85. The van der Waals surface area contributed by atoms with E-state index in [1.165, 1.54) is 0 Å². The lowest BCUT2D eigenvalue weighted by Gasteiger charge is -2.24. The van der Waals surface area contributed by atoms with Crippen LogP contribution in [-0.4, -0.2) is 11.0 Å². The number of carbonyl (C=O) groups is 1. The van der Waals surface area contributed by atoms with E-state index in [0.717, 1.165) is 27.7 Å². The van der Waals surface area contributed by atoms with Crippen molar-refractivity contribution in [2.45, 2.75) is 11.7 Å². The lowest BCUT2D eigenvalue weighted by molar-refractivity contribution is 0.0982. The second kappa shape index (κ2) is 7.58. The number of benzene rings is 3. The topological polar surface area (TPSA) is 41.5 Å². The van der Waals surface area contributed by atoms with Crippen LogP contribution in [0.4, 0.5) is 11.4 Å². The lowest BCUT2D eigenvalue weighted by Crippen LogP contribution is -2.16. The summed E-state index contributed by atoms with van der Waals surface area (Å²) in [5, 5.41) is 4.23. The monoisotopic (exact) mass is 358 g/mol. The summed E-state index contributed by atoms with van der Waals surface area (Å²) in [7, 11) is 0. The average molecular weight is 358 g/mol. The molecule has 0 saturated heterocycles. The van der Waals surface area contributed by atoms with Gasteiger partial charge in [0.05, 0.1) is 5.69 Å². The molecule has 0 amide bonds. The number of ketones is 1. The fourth-order valence-electron chi connectivity index (χ4n) is 2.96. The van der Waals surface area contributed by atoms with Gasteiger partial charge in [-0.15, -0.1) is 0 Å². The van der Waals surface area contributed by atoms with Crippen LogP contribution in [0.2, 0.25) is 0 Å². The van der Waals surface area contributed by atoms with Crippen LogP contribution in [-0.2, 0) is 0 Å². The molecule has 0 fully saturated rings. The van der Waals surface area contributed by atoms with Gasteiger partial charge in [-0.05, 0) is 23.8 Å². The van der Waals surface area contributed by atoms with Crippen molar-refractivity contribution in [3.8, 4) is 0 Å². The Balaban J connectivity index is 1.59. The quantitative estimate of drug-likeness (QED) is 0.595. The van der Waals surface area contributed by atoms with E-state index in [0.29, 0.717) is 6.42 Å². The van der Waals surface area contributed by atoms with Gasteiger partial charge >= 0.3 is 0 Å². The molecule has 0 bridgehead atoms. The maximum Gasteiger partial charge on any atom is 0.166 e. The lowest BCUT2D eigenvalue weighted by atomic mass is 10.0. The Bertz CT molecular complexity index is 939. The molecule has 1 aliphatic rings. The van der Waals surface area contributed by atoms with Crippen LogP contribution in [0.25, 0.3) is 0 Å². The fraction of sp³-hybridized carbons (Fsp3) is 0.0909. The smallest absolute Gasteiger partial charge is 0.166 e. The number of nitrogens with zero attached hydrogens (tertiary/aromatic N) is 1. The molecular formula is C22H18N2OS. The summed E-state index contributed by atoms with van der Waals surface area (Å²) in [6.45, 7) is 0. The van der Waals surface area contributed by atoms with E-state index in [4.69, 9.17) is 4.99 Å². The predicted molar refractivity (Wildman–Crippen MR) is 109 cm³/mol. The van der Waals surface area contributed by atoms with E-state index in [-0.39, 0.29) is 11.0 Å². The molecule has 0 spiro atoms. The molecule has 0 aliphatic carbocycles. The molecule has 26 heavy (non-hydrogen) atoms. The molecule has 128 valence electrons. The molecule has 1 unspecified atom stereocenters. The van der Waals surface area contributed by atoms with Crippen LogP contribution in [0.1, 0.15) is 27.6 Å². The number of carbonyl (C=O) groups excluding carboxylic acids is 1. The Morgan fingerprint density at radius 2 is 1.54 bits per heavy atom. The third-order valence-corrected chi connectivity index (χ3v) is 5.37. The number of fused-ring (bicyclic) bond motifs is 1. The molecule has 3 aromatic carbocycles. The third kappa shape index (κ3) is 3.70. The number of hydrogen-bond donors (Lipinski definition) is 1. The molecule has 1 aliphatic heterocycles. The summed E-state index contributed by atoms with van der Waals surface area (Å²) < 4.78 is 0. The molecule has 1 heterocycles. The third-order valence-electron chi connectivity index (χ3n) is 4.25. The number of hydrogen-bond acceptors (Lipinski definition) is 4. The molecular weight excluding hydrogens is 340 g/mol. The SMILES string of the molecule is O=C(CC1SC(Nc2ccccc2)=Nc2ccccc21)c1ccccc1. The largest absolute Gasteiger partial charge is 0.335 e. The molecule has 4 rings (SSSR count). The maximum atomic E-state index is 12.7. The van der Waals surface area contributed by atoms with E-state index in [9.17, 15) is 4.79 Å². The fourth-order valence-corrected chi connectivity index (χ4v) is 4.12. The van der Waals surface area contributed by atoms with Gasteiger partial charge in [-0.2, -0.15) is 0 Å². The molecule has 0 aromatic heterocycles. The minimum absolute atomic E-state index is 0.0441. The second-order valence-electron chi connectivity index (χ2n) is 6.07. The number of aliphatic imine (C=N–C) groups is 1. The Morgan fingerprint density at radius 1 is 0.885 bits per heavy atom. The molecule has 0 radical (unpaired) electrons. The first kappa shape index (κ1) is 16.6. The molecule has 3 nitrogen and oxygen atoms in total. The van der Waals surface area contributed by atoms with Crippen LogP contribution in [0.3, 0.4) is 0 Å². The predicted octanol–water partition coefficient (Wildman–Crippen LogP) is 5.85. The highest BCUT2D eigenvalue weighted by Gasteiger charge is 2.26. The zero-order valence-electron chi connectivity index (χ0n) is 14.1. The van der Waals surface area contributed by atoms with Crippen LogP contribution < -0.4 is 5.32 Å². The standard InChI is InChI=1S/C22H18N2OS/c25-20(16-9-3-1-4-10-16)15-21-18-13-7-8-14-19(18)24-22(26-21)23-17-11-5-2-6-12-17/h1-14,21H,15H2,(H,23,24). The number of amidine groups is 1. The summed E-state index contributed by atoms with van der Waals surface area (Å²) in [4.78, 5) is 17.4. The van der Waals surface area contributed by atoms with Crippen molar-refractivity contribution in [1.82, 2.24) is 0 Å². The van der Waals surface area contributed by atoms with Crippen LogP contribution in [0.15, 0.2) is 89.9 Å². The van der Waals surface area contributed by atoms with Gasteiger partial charge in [0.15, 0.2) is 11.0 Å². The highest BCUT2D eigenvalue weighted by Crippen LogP contribution is 2.43. The van der Waals surface area contributed by atoms with E-state index in [1.807, 2.05) is 78.9 Å². The Labute approximate surface area is 157 Å². The second-order valence-corrected chi connectivity index (χ2v) is 7.26. The summed E-state index contributed by atoms with van der Waals surface area (Å²) in [6.07, 6.45) is 0.446. The van der Waals surface area contributed by atoms with Gasteiger partial charge in [0, 0.05) is 22.9 Å². The summed E-state index contributed by atoms with van der Waals surface area (Å²) >= 11 is 1.61. The van der Waals surface area contributed by atoms with Gasteiger partial charge in [-0.1, -0.05) is 78.5 Å². The Morgan fingerprint density at radius 3 is 2.31 bits per heavy atom. The minimum atomic E-state index is 0.0441. The minimum Gasteiger partial charge on any atom is -0.335 e. The first-order chi connectivity index (χ1) is 12.8. The number of rotatable bonds is 4. The Kier molecular flexibility index (Phi) is 4.84. The zero-order chi connectivity index (χ0) is 17.8. The first-order valence-electron chi connectivity index (χ1n) is 8.54. The summed E-state index contributed by atoms with van der Waals surface area (Å²) in [5.74, 6) is 0.152. The van der Waals surface area contributed by atoms with Crippen molar-refractivity contribution in [1.29, 1.82) is 0 Å². The maximum absolute atomic E-state index is 12.7. The van der Waals surface area contributed by atoms with Crippen LogP contribution >= 0.6 is 11.8 Å². The number of nitrogens with one attached hydrogen (secondary N) is 1. The van der Waals surface area contributed by atoms with Crippen molar-refractivity contribution in [2.24, 2.45) is 4.99 Å². The highest BCUT2D eigenvalue weighted by molar-refractivity contribution is 8.14. The van der Waals surface area contributed by atoms with Gasteiger partial charge in [0.1, 0.15) is 0 Å². The average Bonchev–Trinajstić information content (AvgIpc) is 2.69. The van der Waals surface area contributed by atoms with Crippen molar-refractivity contribution >= 4 is 34.1 Å². The molecule has 4 heteroatoms. The van der Waals surface area contributed by atoms with Crippen LogP contribution in [0.5, 0.6) is 0 Å². The van der Waals surface area contributed by atoms with Gasteiger partial charge in [-0.3, -0.25) is 4.79 Å². The van der Waals surface area contributed by atoms with E-state index >= 15 is 0 Å². The van der Waals surface area contributed by atoms with Gasteiger partial charge in [-0.25, -0.2) is 4.99 Å². The van der Waals surface area contributed by atoms with Gasteiger partial charge < -0.3 is 5.32 Å². The van der Waals surface area contributed by atoms with Gasteiger partial charge in [0.2, 0.25) is 0 Å². The van der Waals surface area contributed by atoms with E-state index < -0.39 is 0 Å². The van der Waals surface area contributed by atoms with E-state index in [1.54, 1.807) is 11.8 Å². The number of anilines is 1.